The first kappa shape index (κ1) is 27.2. The van der Waals surface area contributed by atoms with Gasteiger partial charge in [0.05, 0.1) is 16.6 Å². The lowest BCUT2D eigenvalue weighted by Gasteiger charge is -2.28. The van der Waals surface area contributed by atoms with Gasteiger partial charge in [-0.1, -0.05) is 72.9 Å². The van der Waals surface area contributed by atoms with Crippen molar-refractivity contribution in [2.45, 2.75) is 39.3 Å². The van der Waals surface area contributed by atoms with Crippen LogP contribution in [-0.2, 0) is 24.3 Å². The van der Waals surface area contributed by atoms with Crippen molar-refractivity contribution < 1.29 is 9.18 Å². The van der Waals surface area contributed by atoms with Crippen molar-refractivity contribution in [3.63, 3.8) is 0 Å². The Morgan fingerprint density at radius 2 is 1.73 bits per heavy atom. The highest BCUT2D eigenvalue weighted by Crippen LogP contribution is 2.24. The van der Waals surface area contributed by atoms with Crippen LogP contribution in [0.2, 0.25) is 10.0 Å². The maximum Gasteiger partial charge on any atom is 0.237 e. The lowest BCUT2D eigenvalue weighted by molar-refractivity contribution is -0.133. The smallest absolute Gasteiger partial charge is 0.237 e. The van der Waals surface area contributed by atoms with E-state index in [1.54, 1.807) is 12.1 Å². The molecule has 0 aliphatic heterocycles. The molecule has 0 aliphatic carbocycles. The fourth-order valence-electron chi connectivity index (χ4n) is 4.52. The number of halogens is 3. The van der Waals surface area contributed by atoms with Crippen LogP contribution in [0.4, 0.5) is 4.39 Å². The summed E-state index contributed by atoms with van der Waals surface area (Å²) in [6, 6.07) is 20.2. The molecule has 0 unspecified atom stereocenters. The summed E-state index contributed by atoms with van der Waals surface area (Å²) >= 11 is 12.4. The molecule has 1 heterocycles. The highest BCUT2D eigenvalue weighted by molar-refractivity contribution is 6.42. The topological polar surface area (TPSA) is 39.3 Å². The standard InChI is InChI=1S/C30H32Cl2FN3O/c1-2-3-14-35(19-22-7-6-8-25(33)16-22)21-30(37)36(20-23-11-12-27(31)28(32)17-23)15-13-24-18-34-29-10-5-4-9-26(24)29/h4-12,16-18,34H,2-3,13-15,19-21H2,1H3. The van der Waals surface area contributed by atoms with Crippen LogP contribution < -0.4 is 0 Å². The molecule has 3 aromatic carbocycles. The van der Waals surface area contributed by atoms with Gasteiger partial charge < -0.3 is 9.88 Å². The van der Waals surface area contributed by atoms with E-state index in [2.05, 4.69) is 28.9 Å². The Labute approximate surface area is 228 Å². The fraction of sp³-hybridized carbons (Fsp3) is 0.300. The van der Waals surface area contributed by atoms with E-state index in [0.717, 1.165) is 42.5 Å². The first-order valence-corrected chi connectivity index (χ1v) is 13.4. The molecular formula is C30H32Cl2FN3O. The van der Waals surface area contributed by atoms with Crippen LogP contribution in [0.3, 0.4) is 0 Å². The van der Waals surface area contributed by atoms with Crippen molar-refractivity contribution in [1.82, 2.24) is 14.8 Å². The number of H-pyrrole nitrogens is 1. The van der Waals surface area contributed by atoms with Crippen molar-refractivity contribution in [2.75, 3.05) is 19.6 Å². The quantitative estimate of drug-likeness (QED) is 0.202. The predicted octanol–water partition coefficient (Wildman–Crippen LogP) is 7.49. The average molecular weight is 541 g/mol. The third kappa shape index (κ3) is 7.57. The van der Waals surface area contributed by atoms with Crippen molar-refractivity contribution in [3.05, 3.63) is 105 Å². The molecule has 1 N–H and O–H groups in total. The lowest BCUT2D eigenvalue weighted by atomic mass is 10.1. The van der Waals surface area contributed by atoms with Gasteiger partial charge >= 0.3 is 0 Å². The maximum absolute atomic E-state index is 13.8. The first-order chi connectivity index (χ1) is 17.9. The summed E-state index contributed by atoms with van der Waals surface area (Å²) in [6.07, 6.45) is 4.71. The van der Waals surface area contributed by atoms with Gasteiger partial charge in [0.2, 0.25) is 5.91 Å². The van der Waals surface area contributed by atoms with E-state index in [1.807, 2.05) is 41.4 Å². The minimum atomic E-state index is -0.265. The number of aromatic nitrogens is 1. The molecule has 4 nitrogen and oxygen atoms in total. The van der Waals surface area contributed by atoms with Crippen molar-refractivity contribution in [3.8, 4) is 0 Å². The molecule has 0 radical (unpaired) electrons. The molecule has 0 atom stereocenters. The number of amides is 1. The molecule has 4 aromatic rings. The number of hydrogen-bond acceptors (Lipinski definition) is 2. The number of carbonyl (C=O) groups excluding carboxylic acids is 1. The Hall–Kier alpha value is -2.86. The highest BCUT2D eigenvalue weighted by atomic mass is 35.5. The van der Waals surface area contributed by atoms with Crippen molar-refractivity contribution in [2.24, 2.45) is 0 Å². The van der Waals surface area contributed by atoms with Crippen LogP contribution in [0.5, 0.6) is 0 Å². The van der Waals surface area contributed by atoms with Crippen molar-refractivity contribution >= 4 is 40.0 Å². The monoisotopic (exact) mass is 539 g/mol. The minimum Gasteiger partial charge on any atom is -0.361 e. The molecule has 194 valence electrons. The van der Waals surface area contributed by atoms with Crippen LogP contribution in [0.1, 0.15) is 36.5 Å². The molecule has 4 rings (SSSR count). The molecule has 0 saturated heterocycles. The van der Waals surface area contributed by atoms with Crippen LogP contribution in [0.15, 0.2) is 72.9 Å². The number of hydrogen-bond donors (Lipinski definition) is 1. The summed E-state index contributed by atoms with van der Waals surface area (Å²) < 4.78 is 13.8. The largest absolute Gasteiger partial charge is 0.361 e. The van der Waals surface area contributed by atoms with Gasteiger partial charge in [-0.05, 0) is 66.4 Å². The summed E-state index contributed by atoms with van der Waals surface area (Å²) in [5.41, 5.74) is 4.04. The van der Waals surface area contributed by atoms with Crippen LogP contribution >= 0.6 is 23.2 Å². The summed E-state index contributed by atoms with van der Waals surface area (Å²) in [7, 11) is 0. The van der Waals surface area contributed by atoms with E-state index in [9.17, 15) is 9.18 Å². The van der Waals surface area contributed by atoms with Gasteiger partial charge in [-0.25, -0.2) is 4.39 Å². The summed E-state index contributed by atoms with van der Waals surface area (Å²) in [6.45, 7) is 4.65. The third-order valence-corrected chi connectivity index (χ3v) is 7.26. The zero-order chi connectivity index (χ0) is 26.2. The maximum atomic E-state index is 13.8. The van der Waals surface area contributed by atoms with Gasteiger partial charge in [-0.2, -0.15) is 0 Å². The number of para-hydroxylation sites is 1. The molecule has 0 aliphatic rings. The SMILES string of the molecule is CCCCN(CC(=O)N(CCc1c[nH]c2ccccc12)Cc1ccc(Cl)c(Cl)c1)Cc1cccc(F)c1. The van der Waals surface area contributed by atoms with Crippen molar-refractivity contribution in [1.29, 1.82) is 0 Å². The van der Waals surface area contributed by atoms with E-state index >= 15 is 0 Å². The number of nitrogens with one attached hydrogen (secondary N) is 1. The Morgan fingerprint density at radius 3 is 2.51 bits per heavy atom. The van der Waals surface area contributed by atoms with E-state index in [0.29, 0.717) is 29.7 Å². The average Bonchev–Trinajstić information content (AvgIpc) is 3.30. The highest BCUT2D eigenvalue weighted by Gasteiger charge is 2.19. The number of benzene rings is 3. The number of rotatable bonds is 12. The second kappa shape index (κ2) is 13.1. The van der Waals surface area contributed by atoms with Crippen LogP contribution in [0.25, 0.3) is 10.9 Å². The summed E-state index contributed by atoms with van der Waals surface area (Å²) in [5.74, 6) is -0.238. The number of fused-ring (bicyclic) bond motifs is 1. The first-order valence-electron chi connectivity index (χ1n) is 12.7. The Kier molecular flexibility index (Phi) is 9.62. The predicted molar refractivity (Wildman–Crippen MR) is 150 cm³/mol. The third-order valence-electron chi connectivity index (χ3n) is 6.52. The number of nitrogens with zero attached hydrogens (tertiary/aromatic N) is 2. The molecule has 0 spiro atoms. The van der Waals surface area contributed by atoms with E-state index < -0.39 is 0 Å². The molecule has 7 heteroatoms. The number of aromatic amines is 1. The second-order valence-corrected chi connectivity index (χ2v) is 10.2. The molecule has 0 saturated carbocycles. The molecule has 0 bridgehead atoms. The van der Waals surface area contributed by atoms with Gasteiger partial charge in [0.1, 0.15) is 5.82 Å². The molecule has 1 aromatic heterocycles. The summed E-state index contributed by atoms with van der Waals surface area (Å²) in [4.78, 5) is 21.0. The van der Waals surface area contributed by atoms with Crippen LogP contribution in [-0.4, -0.2) is 40.3 Å². The number of carbonyl (C=O) groups is 1. The summed E-state index contributed by atoms with van der Waals surface area (Å²) in [5, 5.41) is 2.13. The zero-order valence-corrected chi connectivity index (χ0v) is 22.5. The van der Waals surface area contributed by atoms with Gasteiger partial charge in [-0.15, -0.1) is 0 Å². The van der Waals surface area contributed by atoms with Gasteiger partial charge in [0, 0.05) is 36.7 Å². The fourth-order valence-corrected chi connectivity index (χ4v) is 4.85. The van der Waals surface area contributed by atoms with Gasteiger partial charge in [0.25, 0.3) is 0 Å². The zero-order valence-electron chi connectivity index (χ0n) is 21.0. The second-order valence-electron chi connectivity index (χ2n) is 9.37. The Bertz CT molecular complexity index is 1340. The number of unbranched alkanes of at least 4 members (excludes halogenated alkanes) is 1. The Morgan fingerprint density at radius 1 is 0.919 bits per heavy atom. The molecule has 0 fully saturated rings. The molecular weight excluding hydrogens is 508 g/mol. The Balaban J connectivity index is 1.52. The molecule has 1 amide bonds. The van der Waals surface area contributed by atoms with Gasteiger partial charge in [0.15, 0.2) is 0 Å². The minimum absolute atomic E-state index is 0.0263. The normalized spacial score (nSPS) is 11.4. The lowest BCUT2D eigenvalue weighted by Crippen LogP contribution is -2.41. The van der Waals surface area contributed by atoms with Gasteiger partial charge in [-0.3, -0.25) is 9.69 Å². The van der Waals surface area contributed by atoms with Crippen LogP contribution in [0, 0.1) is 5.82 Å². The van der Waals surface area contributed by atoms with E-state index in [1.165, 1.54) is 23.1 Å². The van der Waals surface area contributed by atoms with E-state index in [4.69, 9.17) is 23.2 Å². The molecule has 37 heavy (non-hydrogen) atoms. The van der Waals surface area contributed by atoms with E-state index in [-0.39, 0.29) is 18.3 Å².